The van der Waals surface area contributed by atoms with E-state index in [0.29, 0.717) is 5.39 Å². The van der Waals surface area contributed by atoms with Gasteiger partial charge < -0.3 is 9.88 Å². The molecule has 1 unspecified atom stereocenters. The Kier molecular flexibility index (Phi) is 4.63. The number of H-pyrrole nitrogens is 1. The normalized spacial score (nSPS) is 23.1. The van der Waals surface area contributed by atoms with Gasteiger partial charge in [-0.05, 0) is 57.5 Å². The fourth-order valence-corrected chi connectivity index (χ4v) is 4.12. The fourth-order valence-electron chi connectivity index (χ4n) is 4.12. The summed E-state index contributed by atoms with van der Waals surface area (Å²) >= 11 is 0. The molecule has 1 aromatic carbocycles. The SMILES string of the molecule is O=c1[nH]c(C2CCCN2CCN2CCCCC2)nc2ccccc12. The summed E-state index contributed by atoms with van der Waals surface area (Å²) in [4.78, 5) is 25.2. The number of hydrogen-bond acceptors (Lipinski definition) is 4. The molecule has 1 N–H and O–H groups in total. The van der Waals surface area contributed by atoms with Crippen LogP contribution >= 0.6 is 0 Å². The molecule has 5 heteroatoms. The standard InChI is InChI=1S/C19H26N4O/c24-19-15-7-2-3-8-16(15)20-18(21-19)17-9-6-12-23(17)14-13-22-10-4-1-5-11-22/h2-3,7-8,17H,1,4-6,9-14H2,(H,20,21,24). The Bertz CT molecular complexity index is 750. The molecule has 128 valence electrons. The number of nitrogens with one attached hydrogen (secondary N) is 1. The number of hydrogen-bond donors (Lipinski definition) is 1. The molecule has 0 aliphatic carbocycles. The number of nitrogens with zero attached hydrogens (tertiary/aromatic N) is 3. The van der Waals surface area contributed by atoms with E-state index in [9.17, 15) is 4.79 Å². The second-order valence-corrected chi connectivity index (χ2v) is 7.06. The van der Waals surface area contributed by atoms with Gasteiger partial charge in [0.2, 0.25) is 0 Å². The van der Waals surface area contributed by atoms with Crippen LogP contribution in [0, 0.1) is 0 Å². The Morgan fingerprint density at radius 2 is 1.88 bits per heavy atom. The second kappa shape index (κ2) is 7.03. The maximum atomic E-state index is 12.3. The summed E-state index contributed by atoms with van der Waals surface area (Å²) < 4.78 is 0. The first-order valence-electron chi connectivity index (χ1n) is 9.26. The number of rotatable bonds is 4. The molecule has 2 aliphatic rings. The van der Waals surface area contributed by atoms with E-state index in [-0.39, 0.29) is 11.6 Å². The fraction of sp³-hybridized carbons (Fsp3) is 0.579. The van der Waals surface area contributed by atoms with E-state index in [4.69, 9.17) is 4.98 Å². The van der Waals surface area contributed by atoms with Gasteiger partial charge in [0, 0.05) is 13.1 Å². The first-order chi connectivity index (χ1) is 11.8. The molecular weight excluding hydrogens is 300 g/mol. The number of para-hydroxylation sites is 1. The van der Waals surface area contributed by atoms with Crippen molar-refractivity contribution in [3.8, 4) is 0 Å². The number of fused-ring (bicyclic) bond motifs is 1. The van der Waals surface area contributed by atoms with Crippen molar-refractivity contribution in [2.75, 3.05) is 32.7 Å². The first-order valence-corrected chi connectivity index (χ1v) is 9.26. The molecule has 0 radical (unpaired) electrons. The van der Waals surface area contributed by atoms with E-state index in [1.807, 2.05) is 24.3 Å². The molecular formula is C19H26N4O. The number of aromatic amines is 1. The average Bonchev–Trinajstić information content (AvgIpc) is 3.09. The number of benzene rings is 1. The van der Waals surface area contributed by atoms with Crippen molar-refractivity contribution in [2.45, 2.75) is 38.1 Å². The third kappa shape index (κ3) is 3.23. The zero-order valence-electron chi connectivity index (χ0n) is 14.2. The monoisotopic (exact) mass is 326 g/mol. The summed E-state index contributed by atoms with van der Waals surface area (Å²) in [6.07, 6.45) is 6.32. The molecule has 3 heterocycles. The van der Waals surface area contributed by atoms with Crippen LogP contribution in [-0.2, 0) is 0 Å². The highest BCUT2D eigenvalue weighted by Gasteiger charge is 2.28. The van der Waals surface area contributed by atoms with Crippen molar-refractivity contribution in [3.05, 3.63) is 40.4 Å². The van der Waals surface area contributed by atoms with Gasteiger partial charge in [0.1, 0.15) is 5.82 Å². The second-order valence-electron chi connectivity index (χ2n) is 7.06. The number of piperidine rings is 1. The minimum Gasteiger partial charge on any atom is -0.309 e. The topological polar surface area (TPSA) is 52.2 Å². The van der Waals surface area contributed by atoms with Gasteiger partial charge in [0.15, 0.2) is 0 Å². The highest BCUT2D eigenvalue weighted by Crippen LogP contribution is 2.29. The predicted octanol–water partition coefficient (Wildman–Crippen LogP) is 2.55. The Hall–Kier alpha value is -1.72. The first kappa shape index (κ1) is 15.8. The Balaban J connectivity index is 1.51. The minimum absolute atomic E-state index is 0.0153. The molecule has 0 bridgehead atoms. The van der Waals surface area contributed by atoms with Gasteiger partial charge in [-0.1, -0.05) is 18.6 Å². The Labute approximate surface area is 142 Å². The quantitative estimate of drug-likeness (QED) is 0.938. The smallest absolute Gasteiger partial charge is 0.258 e. The van der Waals surface area contributed by atoms with Crippen LogP contribution in [0.2, 0.25) is 0 Å². The van der Waals surface area contributed by atoms with Crippen molar-refractivity contribution < 1.29 is 0 Å². The summed E-state index contributed by atoms with van der Waals surface area (Å²) in [7, 11) is 0. The summed E-state index contributed by atoms with van der Waals surface area (Å²) in [6.45, 7) is 5.79. The molecule has 1 atom stereocenters. The van der Waals surface area contributed by atoms with E-state index in [1.165, 1.54) is 38.8 Å². The maximum absolute atomic E-state index is 12.3. The van der Waals surface area contributed by atoms with E-state index >= 15 is 0 Å². The lowest BCUT2D eigenvalue weighted by Gasteiger charge is -2.30. The Morgan fingerprint density at radius 3 is 2.75 bits per heavy atom. The third-order valence-electron chi connectivity index (χ3n) is 5.46. The number of likely N-dealkylation sites (tertiary alicyclic amines) is 2. The van der Waals surface area contributed by atoms with Crippen LogP contribution in [-0.4, -0.2) is 52.5 Å². The van der Waals surface area contributed by atoms with Crippen molar-refractivity contribution in [3.63, 3.8) is 0 Å². The number of aromatic nitrogens is 2. The molecule has 0 amide bonds. The van der Waals surface area contributed by atoms with E-state index < -0.39 is 0 Å². The minimum atomic E-state index is -0.0153. The van der Waals surface area contributed by atoms with Crippen LogP contribution in [0.3, 0.4) is 0 Å². The summed E-state index contributed by atoms with van der Waals surface area (Å²) in [5.74, 6) is 0.842. The predicted molar refractivity (Wildman–Crippen MR) is 96.2 cm³/mol. The third-order valence-corrected chi connectivity index (χ3v) is 5.46. The lowest BCUT2D eigenvalue weighted by molar-refractivity contribution is 0.171. The van der Waals surface area contributed by atoms with Gasteiger partial charge in [-0.25, -0.2) is 4.98 Å². The van der Waals surface area contributed by atoms with Crippen LogP contribution in [0.5, 0.6) is 0 Å². The average molecular weight is 326 g/mol. The molecule has 0 spiro atoms. The van der Waals surface area contributed by atoms with Crippen molar-refractivity contribution >= 4 is 10.9 Å². The van der Waals surface area contributed by atoms with Crippen LogP contribution in [0.15, 0.2) is 29.1 Å². The Morgan fingerprint density at radius 1 is 1.04 bits per heavy atom. The van der Waals surface area contributed by atoms with Gasteiger partial charge in [-0.15, -0.1) is 0 Å². The summed E-state index contributed by atoms with van der Waals surface area (Å²) in [5.41, 5.74) is 0.789. The van der Waals surface area contributed by atoms with Crippen LogP contribution in [0.4, 0.5) is 0 Å². The van der Waals surface area contributed by atoms with E-state index in [1.54, 1.807) is 0 Å². The molecule has 2 saturated heterocycles. The van der Waals surface area contributed by atoms with E-state index in [2.05, 4.69) is 14.8 Å². The van der Waals surface area contributed by atoms with Crippen LogP contribution in [0.1, 0.15) is 44.0 Å². The largest absolute Gasteiger partial charge is 0.309 e. The lowest BCUT2D eigenvalue weighted by Crippen LogP contribution is -2.38. The van der Waals surface area contributed by atoms with Gasteiger partial charge in [-0.3, -0.25) is 9.69 Å². The molecule has 5 nitrogen and oxygen atoms in total. The van der Waals surface area contributed by atoms with Gasteiger partial charge in [0.25, 0.3) is 5.56 Å². The van der Waals surface area contributed by atoms with Crippen molar-refractivity contribution in [1.29, 1.82) is 0 Å². The zero-order valence-corrected chi connectivity index (χ0v) is 14.2. The molecule has 2 aliphatic heterocycles. The van der Waals surface area contributed by atoms with Crippen molar-refractivity contribution in [2.24, 2.45) is 0 Å². The molecule has 2 fully saturated rings. The van der Waals surface area contributed by atoms with Gasteiger partial charge >= 0.3 is 0 Å². The van der Waals surface area contributed by atoms with Gasteiger partial charge in [-0.2, -0.15) is 0 Å². The molecule has 4 rings (SSSR count). The van der Waals surface area contributed by atoms with Gasteiger partial charge in [0.05, 0.1) is 16.9 Å². The maximum Gasteiger partial charge on any atom is 0.258 e. The molecule has 2 aromatic rings. The van der Waals surface area contributed by atoms with Crippen LogP contribution in [0.25, 0.3) is 10.9 Å². The zero-order chi connectivity index (χ0) is 16.4. The molecule has 0 saturated carbocycles. The van der Waals surface area contributed by atoms with E-state index in [0.717, 1.165) is 37.4 Å². The highest BCUT2D eigenvalue weighted by atomic mass is 16.1. The summed E-state index contributed by atoms with van der Waals surface area (Å²) in [6, 6.07) is 7.86. The molecule has 24 heavy (non-hydrogen) atoms. The summed E-state index contributed by atoms with van der Waals surface area (Å²) in [5, 5.41) is 0.680. The highest BCUT2D eigenvalue weighted by molar-refractivity contribution is 5.77. The molecule has 1 aromatic heterocycles. The lowest BCUT2D eigenvalue weighted by atomic mass is 10.1. The van der Waals surface area contributed by atoms with Crippen LogP contribution < -0.4 is 5.56 Å². The van der Waals surface area contributed by atoms with Crippen molar-refractivity contribution in [1.82, 2.24) is 19.8 Å².